The first-order valence-corrected chi connectivity index (χ1v) is 7.69. The van der Waals surface area contributed by atoms with E-state index < -0.39 is 0 Å². The van der Waals surface area contributed by atoms with Gasteiger partial charge in [-0.25, -0.2) is 4.68 Å². The van der Waals surface area contributed by atoms with Crippen molar-refractivity contribution in [3.05, 3.63) is 5.82 Å². The minimum atomic E-state index is 0.662. The van der Waals surface area contributed by atoms with Gasteiger partial charge in [-0.2, -0.15) is 0 Å². The molecule has 0 atom stereocenters. The fraction of sp³-hybridized carbons (Fsp3) is 0.929. The fourth-order valence-electron chi connectivity index (χ4n) is 2.90. The average Bonchev–Trinajstić information content (AvgIpc) is 3.27. The van der Waals surface area contributed by atoms with Crippen LogP contribution >= 0.6 is 0 Å². The molecule has 0 saturated heterocycles. The van der Waals surface area contributed by atoms with Crippen molar-refractivity contribution in [2.24, 2.45) is 23.7 Å². The van der Waals surface area contributed by atoms with Crippen LogP contribution in [0, 0.1) is 23.7 Å². The van der Waals surface area contributed by atoms with E-state index >= 15 is 0 Å². The zero-order chi connectivity index (χ0) is 13.2. The number of aromatic nitrogens is 4. The molecule has 106 valence electrons. The standard InChI is InChI=1S/C14H25N5/c1-10(2)7-15-8-14-16-17-18-19(14)9-13(11-3-4-11)12-5-6-12/h10-13,15H,3-9H2,1-2H3. The molecule has 3 rings (SSSR count). The summed E-state index contributed by atoms with van der Waals surface area (Å²) in [6, 6.07) is 0. The number of nitrogens with one attached hydrogen (secondary N) is 1. The van der Waals surface area contributed by atoms with Crippen LogP contribution in [0.25, 0.3) is 0 Å². The van der Waals surface area contributed by atoms with Gasteiger partial charge in [0, 0.05) is 6.54 Å². The van der Waals surface area contributed by atoms with Crippen molar-refractivity contribution in [2.75, 3.05) is 6.54 Å². The van der Waals surface area contributed by atoms with Crippen LogP contribution in [0.4, 0.5) is 0 Å². The summed E-state index contributed by atoms with van der Waals surface area (Å²) in [4.78, 5) is 0. The van der Waals surface area contributed by atoms with Crippen LogP contribution in [0.3, 0.4) is 0 Å². The monoisotopic (exact) mass is 263 g/mol. The Bertz CT molecular complexity index is 394. The smallest absolute Gasteiger partial charge is 0.165 e. The van der Waals surface area contributed by atoms with E-state index in [-0.39, 0.29) is 0 Å². The van der Waals surface area contributed by atoms with E-state index in [1.807, 2.05) is 4.68 Å². The first-order chi connectivity index (χ1) is 9.24. The molecular weight excluding hydrogens is 238 g/mol. The van der Waals surface area contributed by atoms with Gasteiger partial charge >= 0.3 is 0 Å². The molecule has 5 heteroatoms. The van der Waals surface area contributed by atoms with Crippen LogP contribution in [0.15, 0.2) is 0 Å². The van der Waals surface area contributed by atoms with Crippen molar-refractivity contribution in [2.45, 2.75) is 52.6 Å². The number of rotatable bonds is 8. The van der Waals surface area contributed by atoms with E-state index in [0.29, 0.717) is 5.92 Å². The van der Waals surface area contributed by atoms with Crippen LogP contribution in [0.2, 0.25) is 0 Å². The van der Waals surface area contributed by atoms with Gasteiger partial charge in [0.25, 0.3) is 0 Å². The molecule has 2 aliphatic rings. The summed E-state index contributed by atoms with van der Waals surface area (Å²) in [7, 11) is 0. The lowest BCUT2D eigenvalue weighted by atomic mass is 9.98. The Kier molecular flexibility index (Phi) is 3.82. The lowest BCUT2D eigenvalue weighted by molar-refractivity contribution is 0.322. The number of tetrazole rings is 1. The van der Waals surface area contributed by atoms with E-state index in [2.05, 4.69) is 34.7 Å². The van der Waals surface area contributed by atoms with Gasteiger partial charge in [0.2, 0.25) is 0 Å². The van der Waals surface area contributed by atoms with Gasteiger partial charge in [0.1, 0.15) is 0 Å². The molecule has 5 nitrogen and oxygen atoms in total. The summed E-state index contributed by atoms with van der Waals surface area (Å²) >= 11 is 0. The molecule has 2 fully saturated rings. The molecular formula is C14H25N5. The van der Waals surface area contributed by atoms with Gasteiger partial charge in [-0.15, -0.1) is 5.10 Å². The number of nitrogens with zero attached hydrogens (tertiary/aromatic N) is 4. The van der Waals surface area contributed by atoms with Crippen molar-refractivity contribution in [3.63, 3.8) is 0 Å². The third-order valence-corrected chi connectivity index (χ3v) is 4.28. The predicted octanol–water partition coefficient (Wildman–Crippen LogP) is 1.85. The van der Waals surface area contributed by atoms with Crippen LogP contribution in [0.5, 0.6) is 0 Å². The maximum Gasteiger partial charge on any atom is 0.165 e. The first kappa shape index (κ1) is 13.0. The quantitative estimate of drug-likeness (QED) is 0.778. The molecule has 1 N–H and O–H groups in total. The van der Waals surface area contributed by atoms with E-state index in [0.717, 1.165) is 43.2 Å². The lowest BCUT2D eigenvalue weighted by Gasteiger charge is -2.16. The highest BCUT2D eigenvalue weighted by Crippen LogP contribution is 2.49. The highest BCUT2D eigenvalue weighted by Gasteiger charge is 2.41. The van der Waals surface area contributed by atoms with Crippen molar-refractivity contribution in [3.8, 4) is 0 Å². The Morgan fingerprint density at radius 3 is 2.47 bits per heavy atom. The summed E-state index contributed by atoms with van der Waals surface area (Å²) in [5.41, 5.74) is 0. The zero-order valence-corrected chi connectivity index (χ0v) is 12.0. The minimum absolute atomic E-state index is 0.662. The third kappa shape index (κ3) is 3.53. The normalized spacial score (nSPS) is 19.6. The topological polar surface area (TPSA) is 55.6 Å². The Hall–Kier alpha value is -0.970. The summed E-state index contributed by atoms with van der Waals surface area (Å²) < 4.78 is 2.04. The largest absolute Gasteiger partial charge is 0.310 e. The molecule has 19 heavy (non-hydrogen) atoms. The Labute approximate surface area is 115 Å². The fourth-order valence-corrected chi connectivity index (χ4v) is 2.90. The van der Waals surface area contributed by atoms with Gasteiger partial charge in [0.15, 0.2) is 5.82 Å². The molecule has 0 radical (unpaired) electrons. The average molecular weight is 263 g/mol. The van der Waals surface area contributed by atoms with Crippen LogP contribution < -0.4 is 5.32 Å². The second-order valence-electron chi connectivity index (χ2n) is 6.64. The summed E-state index contributed by atoms with van der Waals surface area (Å²) in [6.07, 6.45) is 5.68. The molecule has 1 aromatic rings. The van der Waals surface area contributed by atoms with Gasteiger partial charge < -0.3 is 5.32 Å². The highest BCUT2D eigenvalue weighted by molar-refractivity contribution is 4.92. The molecule has 2 saturated carbocycles. The Morgan fingerprint density at radius 1 is 1.21 bits per heavy atom. The maximum absolute atomic E-state index is 4.19. The highest BCUT2D eigenvalue weighted by atomic mass is 15.5. The van der Waals surface area contributed by atoms with Crippen molar-refractivity contribution >= 4 is 0 Å². The molecule has 0 aliphatic heterocycles. The lowest BCUT2D eigenvalue weighted by Crippen LogP contribution is -2.24. The summed E-state index contributed by atoms with van der Waals surface area (Å²) in [5, 5.41) is 15.6. The van der Waals surface area contributed by atoms with Crippen LogP contribution in [-0.2, 0) is 13.1 Å². The summed E-state index contributed by atoms with van der Waals surface area (Å²) in [5.74, 6) is 4.38. The Balaban J connectivity index is 1.56. The van der Waals surface area contributed by atoms with Crippen LogP contribution in [0.1, 0.15) is 45.4 Å². The SMILES string of the molecule is CC(C)CNCc1nnnn1CC(C1CC1)C1CC1. The third-order valence-electron chi connectivity index (χ3n) is 4.28. The van der Waals surface area contributed by atoms with Crippen molar-refractivity contribution < 1.29 is 0 Å². The van der Waals surface area contributed by atoms with Crippen molar-refractivity contribution in [1.82, 2.24) is 25.5 Å². The molecule has 1 aromatic heterocycles. The van der Waals surface area contributed by atoms with Crippen molar-refractivity contribution in [1.29, 1.82) is 0 Å². The van der Waals surface area contributed by atoms with Gasteiger partial charge in [-0.1, -0.05) is 13.8 Å². The molecule has 0 amide bonds. The predicted molar refractivity (Wildman–Crippen MR) is 73.3 cm³/mol. The summed E-state index contributed by atoms with van der Waals surface area (Å²) in [6.45, 7) is 7.26. The Morgan fingerprint density at radius 2 is 1.89 bits per heavy atom. The maximum atomic E-state index is 4.19. The van der Waals surface area contributed by atoms with E-state index in [4.69, 9.17) is 0 Å². The molecule has 1 heterocycles. The van der Waals surface area contributed by atoms with Gasteiger partial charge in [0.05, 0.1) is 6.54 Å². The number of hydrogen-bond acceptors (Lipinski definition) is 4. The molecule has 0 bridgehead atoms. The number of hydrogen-bond donors (Lipinski definition) is 1. The minimum Gasteiger partial charge on any atom is -0.310 e. The van der Waals surface area contributed by atoms with E-state index in [9.17, 15) is 0 Å². The zero-order valence-electron chi connectivity index (χ0n) is 12.0. The molecule has 0 unspecified atom stereocenters. The van der Waals surface area contributed by atoms with E-state index in [1.54, 1.807) is 0 Å². The molecule has 0 spiro atoms. The second kappa shape index (κ2) is 5.57. The van der Waals surface area contributed by atoms with E-state index in [1.165, 1.54) is 25.7 Å². The van der Waals surface area contributed by atoms with Gasteiger partial charge in [-0.3, -0.25) is 0 Å². The second-order valence-corrected chi connectivity index (χ2v) is 6.64. The molecule has 0 aromatic carbocycles. The van der Waals surface area contributed by atoms with Crippen LogP contribution in [-0.4, -0.2) is 26.8 Å². The molecule has 2 aliphatic carbocycles. The first-order valence-electron chi connectivity index (χ1n) is 7.69. The van der Waals surface area contributed by atoms with Gasteiger partial charge in [-0.05, 0) is 66.3 Å².